The number of para-hydroxylation sites is 1. The molecule has 0 aliphatic carbocycles. The number of anilines is 1. The summed E-state index contributed by atoms with van der Waals surface area (Å²) in [4.78, 5) is 23.5. The number of ether oxygens (including phenoxy) is 1. The van der Waals surface area contributed by atoms with Gasteiger partial charge >= 0.3 is 5.97 Å². The third kappa shape index (κ3) is 5.86. The summed E-state index contributed by atoms with van der Waals surface area (Å²) in [5.74, 6) is -2.58. The lowest BCUT2D eigenvalue weighted by Crippen LogP contribution is -2.22. The summed E-state index contributed by atoms with van der Waals surface area (Å²) in [5, 5.41) is 2.67. The van der Waals surface area contributed by atoms with Crippen LogP contribution in [0.1, 0.15) is 12.5 Å². The van der Waals surface area contributed by atoms with Gasteiger partial charge in [-0.1, -0.05) is 25.1 Å². The highest BCUT2D eigenvalue weighted by molar-refractivity contribution is 8.00. The van der Waals surface area contributed by atoms with E-state index in [9.17, 15) is 18.4 Å². The Labute approximate surface area is 148 Å². The number of hydrogen-bond donors (Lipinski definition) is 1. The maximum atomic E-state index is 13.4. The van der Waals surface area contributed by atoms with E-state index in [1.54, 1.807) is 12.1 Å². The highest BCUT2D eigenvalue weighted by atomic mass is 32.2. The molecule has 0 radical (unpaired) electrons. The number of hydrogen-bond acceptors (Lipinski definition) is 4. The van der Waals surface area contributed by atoms with E-state index in [4.69, 9.17) is 4.74 Å². The number of benzene rings is 2. The Kier molecular flexibility index (Phi) is 6.94. The standard InChI is InChI=1S/C18H17F2NO3S/c1-2-12-5-3-4-6-15(12)21-17(22)10-24-18(23)11-25-16-9-13(19)7-8-14(16)20/h3-9H,2,10-11H2,1H3,(H,21,22). The van der Waals surface area contributed by atoms with Gasteiger partial charge in [0.05, 0.1) is 5.75 Å². The van der Waals surface area contributed by atoms with E-state index >= 15 is 0 Å². The number of thioether (sulfide) groups is 1. The molecule has 4 nitrogen and oxygen atoms in total. The van der Waals surface area contributed by atoms with Gasteiger partial charge in [0.15, 0.2) is 6.61 Å². The van der Waals surface area contributed by atoms with E-state index in [1.807, 2.05) is 19.1 Å². The fourth-order valence-corrected chi connectivity index (χ4v) is 2.81. The fourth-order valence-electron chi connectivity index (χ4n) is 2.05. The SMILES string of the molecule is CCc1ccccc1NC(=O)COC(=O)CSc1cc(F)ccc1F. The van der Waals surface area contributed by atoms with Crippen LogP contribution >= 0.6 is 11.8 Å². The van der Waals surface area contributed by atoms with Crippen molar-refractivity contribution in [3.8, 4) is 0 Å². The van der Waals surface area contributed by atoms with Crippen LogP contribution in [-0.4, -0.2) is 24.2 Å². The van der Waals surface area contributed by atoms with Crippen LogP contribution in [0, 0.1) is 11.6 Å². The molecule has 2 aromatic carbocycles. The first-order chi connectivity index (χ1) is 12.0. The second kappa shape index (κ2) is 9.17. The molecule has 0 fully saturated rings. The zero-order valence-electron chi connectivity index (χ0n) is 13.6. The maximum Gasteiger partial charge on any atom is 0.316 e. The Bertz CT molecular complexity index is 768. The highest BCUT2D eigenvalue weighted by Crippen LogP contribution is 2.22. The molecule has 0 aliphatic rings. The Hall–Kier alpha value is -2.41. The molecule has 1 amide bonds. The van der Waals surface area contributed by atoms with E-state index in [2.05, 4.69) is 5.32 Å². The summed E-state index contributed by atoms with van der Waals surface area (Å²) < 4.78 is 31.3. The Morgan fingerprint density at radius 3 is 2.68 bits per heavy atom. The minimum atomic E-state index is -0.687. The van der Waals surface area contributed by atoms with Gasteiger partial charge in [-0.25, -0.2) is 8.78 Å². The molecule has 132 valence electrons. The highest BCUT2D eigenvalue weighted by Gasteiger charge is 2.12. The van der Waals surface area contributed by atoms with Crippen LogP contribution in [0.4, 0.5) is 14.5 Å². The van der Waals surface area contributed by atoms with E-state index in [0.29, 0.717) is 5.69 Å². The fraction of sp³-hybridized carbons (Fsp3) is 0.222. The topological polar surface area (TPSA) is 55.4 Å². The third-order valence-electron chi connectivity index (χ3n) is 3.28. The predicted octanol–water partition coefficient (Wildman–Crippen LogP) is 3.80. The number of nitrogens with one attached hydrogen (secondary N) is 1. The minimum absolute atomic E-state index is 0.0123. The van der Waals surface area contributed by atoms with Crippen molar-refractivity contribution in [2.24, 2.45) is 0 Å². The summed E-state index contributed by atoms with van der Waals surface area (Å²) in [6.07, 6.45) is 0.756. The van der Waals surface area contributed by atoms with E-state index in [-0.39, 0.29) is 10.6 Å². The van der Waals surface area contributed by atoms with Crippen molar-refractivity contribution in [3.05, 3.63) is 59.7 Å². The number of carbonyl (C=O) groups is 2. The predicted molar refractivity (Wildman–Crippen MR) is 92.5 cm³/mol. The zero-order chi connectivity index (χ0) is 18.2. The van der Waals surface area contributed by atoms with Gasteiger partial charge in [0.2, 0.25) is 0 Å². The molecular weight excluding hydrogens is 348 g/mol. The van der Waals surface area contributed by atoms with Crippen LogP contribution in [0.15, 0.2) is 47.4 Å². The van der Waals surface area contributed by atoms with Crippen LogP contribution in [0.3, 0.4) is 0 Å². The quantitative estimate of drug-likeness (QED) is 0.599. The first-order valence-corrected chi connectivity index (χ1v) is 8.59. The Balaban J connectivity index is 1.79. The van der Waals surface area contributed by atoms with Crippen molar-refractivity contribution in [2.45, 2.75) is 18.2 Å². The Morgan fingerprint density at radius 2 is 1.92 bits per heavy atom. The normalized spacial score (nSPS) is 10.4. The smallest absolute Gasteiger partial charge is 0.316 e. The molecule has 2 aromatic rings. The molecule has 0 spiro atoms. The molecular formula is C18H17F2NO3S. The van der Waals surface area contributed by atoms with Crippen molar-refractivity contribution in [1.29, 1.82) is 0 Å². The number of aryl methyl sites for hydroxylation is 1. The second-order valence-corrected chi connectivity index (χ2v) is 6.10. The lowest BCUT2D eigenvalue weighted by molar-refractivity contribution is -0.144. The van der Waals surface area contributed by atoms with Crippen molar-refractivity contribution < 1.29 is 23.1 Å². The van der Waals surface area contributed by atoms with Gasteiger partial charge in [0, 0.05) is 10.6 Å². The van der Waals surface area contributed by atoms with Gasteiger partial charge in [-0.3, -0.25) is 9.59 Å². The van der Waals surface area contributed by atoms with Crippen LogP contribution in [0.25, 0.3) is 0 Å². The van der Waals surface area contributed by atoms with Crippen molar-refractivity contribution in [1.82, 2.24) is 0 Å². The average Bonchev–Trinajstić information content (AvgIpc) is 2.61. The largest absolute Gasteiger partial charge is 0.455 e. The van der Waals surface area contributed by atoms with Crippen LogP contribution in [0.5, 0.6) is 0 Å². The van der Waals surface area contributed by atoms with Crippen LogP contribution in [-0.2, 0) is 20.7 Å². The first-order valence-electron chi connectivity index (χ1n) is 7.60. The summed E-state index contributed by atoms with van der Waals surface area (Å²) in [6.45, 7) is 1.52. The van der Waals surface area contributed by atoms with E-state index in [1.165, 1.54) is 0 Å². The summed E-state index contributed by atoms with van der Waals surface area (Å²) in [7, 11) is 0. The maximum absolute atomic E-state index is 13.4. The van der Waals surface area contributed by atoms with Crippen molar-refractivity contribution in [2.75, 3.05) is 17.7 Å². The number of esters is 1. The molecule has 0 aromatic heterocycles. The molecule has 25 heavy (non-hydrogen) atoms. The number of amides is 1. The lowest BCUT2D eigenvalue weighted by Gasteiger charge is -2.10. The van der Waals surface area contributed by atoms with Gasteiger partial charge in [-0.05, 0) is 36.2 Å². The molecule has 7 heteroatoms. The van der Waals surface area contributed by atoms with Crippen LogP contribution < -0.4 is 5.32 Å². The van der Waals surface area contributed by atoms with Gasteiger partial charge in [-0.15, -0.1) is 11.8 Å². The van der Waals surface area contributed by atoms with Gasteiger partial charge < -0.3 is 10.1 Å². The van der Waals surface area contributed by atoms with E-state index < -0.39 is 30.1 Å². The van der Waals surface area contributed by atoms with Crippen LogP contribution in [0.2, 0.25) is 0 Å². The van der Waals surface area contributed by atoms with Crippen molar-refractivity contribution in [3.63, 3.8) is 0 Å². The lowest BCUT2D eigenvalue weighted by atomic mass is 10.1. The first kappa shape index (κ1) is 18.9. The molecule has 0 atom stereocenters. The molecule has 0 aliphatic heterocycles. The molecule has 0 saturated heterocycles. The number of rotatable bonds is 7. The average molecular weight is 365 g/mol. The summed E-state index contributed by atoms with van der Waals surface area (Å²) in [5.41, 5.74) is 1.64. The summed E-state index contributed by atoms with van der Waals surface area (Å²) in [6, 6.07) is 10.3. The Morgan fingerprint density at radius 1 is 1.16 bits per heavy atom. The molecule has 0 heterocycles. The minimum Gasteiger partial charge on any atom is -0.455 e. The monoisotopic (exact) mass is 365 g/mol. The summed E-state index contributed by atoms with van der Waals surface area (Å²) >= 11 is 0.810. The van der Waals surface area contributed by atoms with Gasteiger partial charge in [0.1, 0.15) is 11.6 Å². The molecule has 0 unspecified atom stereocenters. The molecule has 2 rings (SSSR count). The van der Waals surface area contributed by atoms with Gasteiger partial charge in [-0.2, -0.15) is 0 Å². The van der Waals surface area contributed by atoms with Crippen molar-refractivity contribution >= 4 is 29.3 Å². The third-order valence-corrected chi connectivity index (χ3v) is 4.28. The number of carbonyl (C=O) groups excluding carboxylic acids is 2. The molecule has 0 bridgehead atoms. The van der Waals surface area contributed by atoms with Gasteiger partial charge in [0.25, 0.3) is 5.91 Å². The zero-order valence-corrected chi connectivity index (χ0v) is 14.4. The van der Waals surface area contributed by atoms with E-state index in [0.717, 1.165) is 41.9 Å². The second-order valence-electron chi connectivity index (χ2n) is 5.08. The number of halogens is 2. The molecule has 0 saturated carbocycles. The molecule has 1 N–H and O–H groups in total.